The lowest BCUT2D eigenvalue weighted by atomic mass is 10.2. The van der Waals surface area contributed by atoms with E-state index in [1.807, 2.05) is 6.07 Å². The summed E-state index contributed by atoms with van der Waals surface area (Å²) in [5, 5.41) is 12.9. The van der Waals surface area contributed by atoms with Crippen LogP contribution in [0.4, 0.5) is 5.69 Å². The minimum absolute atomic E-state index is 0.0466. The van der Waals surface area contributed by atoms with Crippen LogP contribution in [0.15, 0.2) is 55.3 Å². The quantitative estimate of drug-likeness (QED) is 0.465. The molecular weight excluding hydrogens is 321 g/mol. The summed E-state index contributed by atoms with van der Waals surface area (Å²) in [6.07, 6.45) is 4.48. The van der Waals surface area contributed by atoms with Gasteiger partial charge in [0, 0.05) is 24.3 Å². The average Bonchev–Trinajstić information content (AvgIpc) is 2.49. The van der Waals surface area contributed by atoms with Crippen molar-refractivity contribution in [3.63, 3.8) is 0 Å². The topological polar surface area (TPSA) is 56.1 Å². The second-order valence-electron chi connectivity index (χ2n) is 4.23. The van der Waals surface area contributed by atoms with Crippen LogP contribution in [0.3, 0.4) is 0 Å². The van der Waals surface area contributed by atoms with Crippen LogP contribution in [-0.4, -0.2) is 23.9 Å². The molecule has 0 aromatic heterocycles. The number of halogens is 2. The second-order valence-corrected chi connectivity index (χ2v) is 5.07. The van der Waals surface area contributed by atoms with Crippen molar-refractivity contribution in [2.75, 3.05) is 18.4 Å². The van der Waals surface area contributed by atoms with E-state index in [2.05, 4.69) is 18.5 Å². The van der Waals surface area contributed by atoms with Crippen LogP contribution in [0.25, 0.3) is 0 Å². The van der Waals surface area contributed by atoms with Crippen LogP contribution in [-0.2, 0) is 4.79 Å². The fourth-order valence-corrected chi connectivity index (χ4v) is 2.08. The molecule has 0 atom stereocenters. The van der Waals surface area contributed by atoms with Crippen LogP contribution in [0, 0.1) is 11.3 Å². The minimum Gasteiger partial charge on any atom is -0.359 e. The van der Waals surface area contributed by atoms with Crippen molar-refractivity contribution in [2.24, 2.45) is 0 Å². The van der Waals surface area contributed by atoms with Crippen LogP contribution in [0.5, 0.6) is 0 Å². The standard InChI is InChI=1S/C16H15Cl2N3O/c1-3-7-21(8-4-2)16(22)12(10-19)11-20-15-6-5-13(17)9-14(15)18/h3-6,9,11,20H,1-2,7-8H2/b12-11-. The molecule has 114 valence electrons. The number of nitrogens with one attached hydrogen (secondary N) is 1. The molecule has 6 heteroatoms. The summed E-state index contributed by atoms with van der Waals surface area (Å²) in [5.41, 5.74) is 0.500. The number of amides is 1. The zero-order valence-electron chi connectivity index (χ0n) is 11.9. The first-order valence-electron chi connectivity index (χ1n) is 6.36. The van der Waals surface area contributed by atoms with Gasteiger partial charge in [-0.3, -0.25) is 4.79 Å². The summed E-state index contributed by atoms with van der Waals surface area (Å²) in [7, 11) is 0. The van der Waals surface area contributed by atoms with Gasteiger partial charge in [-0.1, -0.05) is 35.4 Å². The normalized spacial score (nSPS) is 10.5. The van der Waals surface area contributed by atoms with Gasteiger partial charge in [-0.25, -0.2) is 0 Å². The molecule has 1 rings (SSSR count). The highest BCUT2D eigenvalue weighted by molar-refractivity contribution is 6.36. The van der Waals surface area contributed by atoms with Crippen LogP contribution in [0.1, 0.15) is 0 Å². The molecule has 0 saturated carbocycles. The van der Waals surface area contributed by atoms with Gasteiger partial charge in [0.25, 0.3) is 5.91 Å². The van der Waals surface area contributed by atoms with Crippen molar-refractivity contribution in [1.29, 1.82) is 5.26 Å². The van der Waals surface area contributed by atoms with Crippen molar-refractivity contribution >= 4 is 34.8 Å². The summed E-state index contributed by atoms with van der Waals surface area (Å²) < 4.78 is 0. The Balaban J connectivity index is 2.94. The van der Waals surface area contributed by atoms with E-state index in [0.29, 0.717) is 28.8 Å². The molecule has 0 spiro atoms. The predicted octanol–water partition coefficient (Wildman–Crippen LogP) is 4.01. The number of hydrogen-bond donors (Lipinski definition) is 1. The number of hydrogen-bond acceptors (Lipinski definition) is 3. The zero-order chi connectivity index (χ0) is 16.5. The number of benzene rings is 1. The number of carbonyl (C=O) groups excluding carboxylic acids is 1. The highest BCUT2D eigenvalue weighted by Crippen LogP contribution is 2.25. The van der Waals surface area contributed by atoms with E-state index < -0.39 is 5.91 Å². The third-order valence-corrected chi connectivity index (χ3v) is 3.19. The lowest BCUT2D eigenvalue weighted by Gasteiger charge is -2.18. The minimum atomic E-state index is -0.417. The number of rotatable bonds is 7. The zero-order valence-corrected chi connectivity index (χ0v) is 13.4. The molecule has 0 bridgehead atoms. The molecule has 0 saturated heterocycles. The third kappa shape index (κ3) is 4.96. The van der Waals surface area contributed by atoms with E-state index in [0.717, 1.165) is 0 Å². The van der Waals surface area contributed by atoms with Gasteiger partial charge in [0.2, 0.25) is 0 Å². The number of nitriles is 1. The molecule has 0 radical (unpaired) electrons. The fraction of sp³-hybridized carbons (Fsp3) is 0.125. The Morgan fingerprint density at radius 1 is 1.32 bits per heavy atom. The summed E-state index contributed by atoms with van der Waals surface area (Å²) in [6, 6.07) is 6.74. The first-order valence-corrected chi connectivity index (χ1v) is 7.12. The van der Waals surface area contributed by atoms with Crippen LogP contribution in [0.2, 0.25) is 10.0 Å². The van der Waals surface area contributed by atoms with Crippen molar-refractivity contribution in [3.05, 3.63) is 65.3 Å². The fourth-order valence-electron chi connectivity index (χ4n) is 1.62. The van der Waals surface area contributed by atoms with E-state index in [4.69, 9.17) is 28.5 Å². The monoisotopic (exact) mass is 335 g/mol. The highest BCUT2D eigenvalue weighted by Gasteiger charge is 2.16. The van der Waals surface area contributed by atoms with Crippen molar-refractivity contribution in [3.8, 4) is 6.07 Å². The van der Waals surface area contributed by atoms with Crippen molar-refractivity contribution < 1.29 is 4.79 Å². The van der Waals surface area contributed by atoms with E-state index in [9.17, 15) is 4.79 Å². The summed E-state index contributed by atoms with van der Waals surface area (Å²) in [5.74, 6) is -0.417. The molecule has 1 N–H and O–H groups in total. The summed E-state index contributed by atoms with van der Waals surface area (Å²) >= 11 is 11.8. The second kappa shape index (κ2) is 8.93. The maximum Gasteiger partial charge on any atom is 0.266 e. The number of anilines is 1. The third-order valence-electron chi connectivity index (χ3n) is 2.64. The first kappa shape index (κ1) is 17.8. The lowest BCUT2D eigenvalue weighted by molar-refractivity contribution is -0.125. The van der Waals surface area contributed by atoms with Crippen LogP contribution >= 0.6 is 23.2 Å². The molecule has 0 unspecified atom stereocenters. The Labute approximate surface area is 139 Å². The Morgan fingerprint density at radius 3 is 2.45 bits per heavy atom. The molecule has 0 aliphatic rings. The summed E-state index contributed by atoms with van der Waals surface area (Å²) in [4.78, 5) is 13.7. The van der Waals surface area contributed by atoms with Gasteiger partial charge in [0.1, 0.15) is 11.6 Å². The van der Waals surface area contributed by atoms with Gasteiger partial charge < -0.3 is 10.2 Å². The molecule has 0 aliphatic carbocycles. The molecule has 0 heterocycles. The lowest BCUT2D eigenvalue weighted by Crippen LogP contribution is -2.32. The smallest absolute Gasteiger partial charge is 0.266 e. The number of carbonyl (C=O) groups is 1. The molecule has 1 aromatic carbocycles. The van der Waals surface area contributed by atoms with E-state index in [1.165, 1.54) is 11.1 Å². The first-order chi connectivity index (χ1) is 10.5. The maximum atomic E-state index is 12.3. The maximum absolute atomic E-state index is 12.3. The van der Waals surface area contributed by atoms with E-state index >= 15 is 0 Å². The largest absolute Gasteiger partial charge is 0.359 e. The number of nitrogens with zero attached hydrogens (tertiary/aromatic N) is 2. The Bertz CT molecular complexity index is 637. The molecule has 1 amide bonds. The van der Waals surface area contributed by atoms with E-state index in [1.54, 1.807) is 30.4 Å². The van der Waals surface area contributed by atoms with Gasteiger partial charge in [-0.2, -0.15) is 5.26 Å². The van der Waals surface area contributed by atoms with E-state index in [-0.39, 0.29) is 5.57 Å². The Kier molecular flexibility index (Phi) is 7.24. The Morgan fingerprint density at radius 2 is 1.95 bits per heavy atom. The van der Waals surface area contributed by atoms with Gasteiger partial charge in [-0.15, -0.1) is 13.2 Å². The van der Waals surface area contributed by atoms with Gasteiger partial charge in [0.15, 0.2) is 0 Å². The molecule has 1 aromatic rings. The molecular formula is C16H15Cl2N3O. The summed E-state index contributed by atoms with van der Waals surface area (Å²) in [6.45, 7) is 7.83. The van der Waals surface area contributed by atoms with Gasteiger partial charge in [0.05, 0.1) is 10.7 Å². The van der Waals surface area contributed by atoms with Gasteiger partial charge >= 0.3 is 0 Å². The Hall–Kier alpha value is -2.22. The molecule has 22 heavy (non-hydrogen) atoms. The molecule has 0 fully saturated rings. The highest BCUT2D eigenvalue weighted by atomic mass is 35.5. The van der Waals surface area contributed by atoms with Crippen LogP contribution < -0.4 is 5.32 Å². The molecule has 0 aliphatic heterocycles. The SMILES string of the molecule is C=CCN(CC=C)C(=O)/C(C#N)=C\Nc1ccc(Cl)cc1Cl. The molecule has 4 nitrogen and oxygen atoms in total. The average molecular weight is 336 g/mol. The van der Waals surface area contributed by atoms with Crippen molar-refractivity contribution in [2.45, 2.75) is 0 Å². The van der Waals surface area contributed by atoms with Crippen molar-refractivity contribution in [1.82, 2.24) is 4.90 Å². The van der Waals surface area contributed by atoms with Gasteiger partial charge in [-0.05, 0) is 18.2 Å². The predicted molar refractivity (Wildman–Crippen MR) is 90.8 cm³/mol.